The number of aryl methyl sites for hydroxylation is 1. The molecule has 1 aromatic heterocycles. The minimum absolute atomic E-state index is 0.0612. The molecule has 0 aliphatic rings. The fourth-order valence-corrected chi connectivity index (χ4v) is 1.54. The van der Waals surface area contributed by atoms with Crippen molar-refractivity contribution < 1.29 is 8.76 Å². The molecule has 1 unspecified atom stereocenters. The Labute approximate surface area is 86.1 Å². The Morgan fingerprint density at radius 2 is 2.00 bits per heavy atom. The molecule has 0 bridgehead atoms. The first-order chi connectivity index (χ1) is 6.52. The van der Waals surface area contributed by atoms with Crippen LogP contribution < -0.4 is 0 Å². The highest BCUT2D eigenvalue weighted by Gasteiger charge is 2.20. The van der Waals surface area contributed by atoms with Gasteiger partial charge in [0, 0.05) is 18.3 Å². The molecule has 0 aliphatic carbocycles. The van der Waals surface area contributed by atoms with Gasteiger partial charge in [0.2, 0.25) is 0 Å². The van der Waals surface area contributed by atoms with Crippen LogP contribution in [0.15, 0.2) is 12.4 Å². The topological polar surface area (TPSA) is 63.1 Å². The maximum Gasteiger partial charge on any atom is 0.156 e. The normalized spacial score (nSPS) is 17.4. The highest BCUT2D eigenvalue weighted by molar-refractivity contribution is 7.79. The van der Waals surface area contributed by atoms with Crippen molar-refractivity contribution in [2.24, 2.45) is 0 Å². The molecule has 1 rings (SSSR count). The Morgan fingerprint density at radius 1 is 1.36 bits per heavy atom. The summed E-state index contributed by atoms with van der Waals surface area (Å²) in [6.07, 6.45) is 3.32. The van der Waals surface area contributed by atoms with Crippen LogP contribution in [0.2, 0.25) is 0 Å². The molecule has 0 aromatic carbocycles. The fraction of sp³-hybridized carbons (Fsp3) is 0.556. The van der Waals surface area contributed by atoms with Crippen LogP contribution in [-0.2, 0) is 11.1 Å². The highest BCUT2D eigenvalue weighted by Crippen LogP contribution is 2.19. The van der Waals surface area contributed by atoms with E-state index in [4.69, 9.17) is 4.55 Å². The molecule has 0 amide bonds. The average Bonchev–Trinajstić information content (AvgIpc) is 2.16. The molecule has 14 heavy (non-hydrogen) atoms. The van der Waals surface area contributed by atoms with Gasteiger partial charge in [-0.25, -0.2) is 4.21 Å². The summed E-state index contributed by atoms with van der Waals surface area (Å²) in [6.45, 7) is 5.45. The summed E-state index contributed by atoms with van der Waals surface area (Å²) in [7, 11) is 0. The predicted molar refractivity (Wildman–Crippen MR) is 55.4 cm³/mol. The van der Waals surface area contributed by atoms with Crippen LogP contribution in [-0.4, -0.2) is 24.0 Å². The second-order valence-electron chi connectivity index (χ2n) is 3.35. The lowest BCUT2D eigenvalue weighted by Gasteiger charge is -2.15. The molecule has 1 N–H and O–H groups in total. The van der Waals surface area contributed by atoms with Gasteiger partial charge in [0.05, 0.1) is 16.6 Å². The molecule has 5 heteroatoms. The van der Waals surface area contributed by atoms with Crippen LogP contribution in [0.1, 0.15) is 31.2 Å². The van der Waals surface area contributed by atoms with E-state index in [1.165, 1.54) is 0 Å². The smallest absolute Gasteiger partial charge is 0.156 e. The zero-order chi connectivity index (χ0) is 10.7. The van der Waals surface area contributed by atoms with Gasteiger partial charge in [0.1, 0.15) is 0 Å². The maximum absolute atomic E-state index is 10.8. The van der Waals surface area contributed by atoms with Crippen LogP contribution in [0.4, 0.5) is 0 Å². The quantitative estimate of drug-likeness (QED) is 0.774. The molecule has 78 valence electrons. The van der Waals surface area contributed by atoms with E-state index in [1.807, 2.05) is 13.8 Å². The van der Waals surface area contributed by atoms with Gasteiger partial charge >= 0.3 is 0 Å². The molecule has 1 heterocycles. The predicted octanol–water partition coefficient (Wildman–Crippen LogP) is 1.50. The Morgan fingerprint density at radius 3 is 2.43 bits per heavy atom. The van der Waals surface area contributed by atoms with Gasteiger partial charge < -0.3 is 4.55 Å². The van der Waals surface area contributed by atoms with E-state index in [-0.39, 0.29) is 11.2 Å². The first-order valence-electron chi connectivity index (χ1n) is 4.40. The van der Waals surface area contributed by atoms with Crippen molar-refractivity contribution in [1.29, 1.82) is 0 Å². The van der Waals surface area contributed by atoms with Gasteiger partial charge in [-0.05, 0) is 13.8 Å². The lowest BCUT2D eigenvalue weighted by Crippen LogP contribution is -2.18. The number of nitrogens with zero attached hydrogens (tertiary/aromatic N) is 2. The molecule has 4 nitrogen and oxygen atoms in total. The molecule has 0 fully saturated rings. The minimum Gasteiger partial charge on any atom is -0.306 e. The number of aromatic nitrogens is 2. The van der Waals surface area contributed by atoms with Crippen molar-refractivity contribution >= 4 is 11.1 Å². The Bertz CT molecular complexity index is 326. The zero-order valence-electron chi connectivity index (χ0n) is 8.47. The average molecular weight is 214 g/mol. The largest absolute Gasteiger partial charge is 0.306 e. The van der Waals surface area contributed by atoms with E-state index in [0.29, 0.717) is 0 Å². The standard InChI is InChI=1S/C9H14N2O2S/c1-6-4-11-9(5-10-6)7(2)8(3)14(12)13/h4-5,7-8H,1-3H3,(H,12,13)/t7-,8-/m0/s1. The van der Waals surface area contributed by atoms with Crippen molar-refractivity contribution in [2.75, 3.05) is 0 Å². The Kier molecular flexibility index (Phi) is 3.71. The molecular weight excluding hydrogens is 200 g/mol. The summed E-state index contributed by atoms with van der Waals surface area (Å²) in [5.74, 6) is -0.0612. The zero-order valence-corrected chi connectivity index (χ0v) is 9.28. The fourth-order valence-electron chi connectivity index (χ4n) is 1.05. The van der Waals surface area contributed by atoms with Crippen LogP contribution in [0, 0.1) is 6.92 Å². The molecule has 0 aliphatic heterocycles. The van der Waals surface area contributed by atoms with E-state index < -0.39 is 11.1 Å². The van der Waals surface area contributed by atoms with E-state index in [9.17, 15) is 4.21 Å². The molecule has 0 spiro atoms. The van der Waals surface area contributed by atoms with Crippen molar-refractivity contribution in [3.05, 3.63) is 23.8 Å². The van der Waals surface area contributed by atoms with Crippen molar-refractivity contribution in [1.82, 2.24) is 9.97 Å². The Balaban J connectivity index is 2.84. The van der Waals surface area contributed by atoms with Crippen LogP contribution in [0.3, 0.4) is 0 Å². The number of rotatable bonds is 3. The first-order valence-corrected chi connectivity index (χ1v) is 5.57. The monoisotopic (exact) mass is 214 g/mol. The van der Waals surface area contributed by atoms with Gasteiger partial charge in [-0.1, -0.05) is 6.92 Å². The number of hydrogen-bond donors (Lipinski definition) is 1. The van der Waals surface area contributed by atoms with E-state index in [2.05, 4.69) is 9.97 Å². The second kappa shape index (κ2) is 4.61. The van der Waals surface area contributed by atoms with Crippen molar-refractivity contribution in [2.45, 2.75) is 31.9 Å². The Hall–Kier alpha value is -0.810. The minimum atomic E-state index is -1.81. The molecule has 0 saturated heterocycles. The maximum atomic E-state index is 10.8. The van der Waals surface area contributed by atoms with E-state index in [0.717, 1.165) is 11.4 Å². The third-order valence-corrected chi connectivity index (χ3v) is 3.33. The van der Waals surface area contributed by atoms with Crippen LogP contribution in [0.5, 0.6) is 0 Å². The molecular formula is C9H14N2O2S. The lowest BCUT2D eigenvalue weighted by molar-refractivity contribution is 0.536. The molecule has 0 radical (unpaired) electrons. The third-order valence-electron chi connectivity index (χ3n) is 2.29. The summed E-state index contributed by atoms with van der Waals surface area (Å²) >= 11 is -1.81. The molecule has 0 saturated carbocycles. The lowest BCUT2D eigenvalue weighted by atomic mass is 10.1. The first kappa shape index (κ1) is 11.3. The summed E-state index contributed by atoms with van der Waals surface area (Å²) < 4.78 is 19.8. The molecule has 1 aromatic rings. The van der Waals surface area contributed by atoms with Crippen molar-refractivity contribution in [3.63, 3.8) is 0 Å². The summed E-state index contributed by atoms with van der Waals surface area (Å²) in [5, 5.41) is -0.327. The SMILES string of the molecule is Cc1cnc([C@@H](C)[C@H](C)S(=O)O)cn1. The van der Waals surface area contributed by atoms with Gasteiger partial charge in [-0.2, -0.15) is 0 Å². The summed E-state index contributed by atoms with van der Waals surface area (Å²) in [4.78, 5) is 8.27. The third kappa shape index (κ3) is 2.59. The van der Waals surface area contributed by atoms with Gasteiger partial charge in [-0.15, -0.1) is 0 Å². The number of hydrogen-bond acceptors (Lipinski definition) is 3. The van der Waals surface area contributed by atoms with E-state index >= 15 is 0 Å². The van der Waals surface area contributed by atoms with Crippen molar-refractivity contribution in [3.8, 4) is 0 Å². The van der Waals surface area contributed by atoms with Gasteiger partial charge in [0.15, 0.2) is 11.1 Å². The second-order valence-corrected chi connectivity index (χ2v) is 4.65. The summed E-state index contributed by atoms with van der Waals surface area (Å²) in [5.41, 5.74) is 1.60. The van der Waals surface area contributed by atoms with Crippen LogP contribution >= 0.6 is 0 Å². The van der Waals surface area contributed by atoms with Gasteiger partial charge in [0.25, 0.3) is 0 Å². The van der Waals surface area contributed by atoms with Gasteiger partial charge in [-0.3, -0.25) is 9.97 Å². The molecule has 3 atom stereocenters. The highest BCUT2D eigenvalue weighted by atomic mass is 32.2. The van der Waals surface area contributed by atoms with E-state index in [1.54, 1.807) is 19.3 Å². The summed E-state index contributed by atoms with van der Waals surface area (Å²) in [6, 6.07) is 0. The van der Waals surface area contributed by atoms with Crippen LogP contribution in [0.25, 0.3) is 0 Å².